The largest absolute Gasteiger partial charge is 0.320 e. The lowest BCUT2D eigenvalue weighted by molar-refractivity contribution is 0.640. The van der Waals surface area contributed by atoms with Gasteiger partial charge in [0.15, 0.2) is 0 Å². The number of rotatable bonds is 4. The van der Waals surface area contributed by atoms with E-state index in [1.165, 1.54) is 22.1 Å². The molecule has 0 aliphatic rings. The zero-order chi connectivity index (χ0) is 10.7. The van der Waals surface area contributed by atoms with Gasteiger partial charge in [0, 0.05) is 4.70 Å². The topological polar surface area (TPSA) is 12.0 Å². The molecule has 0 fully saturated rings. The van der Waals surface area contributed by atoms with Gasteiger partial charge in [0.05, 0.1) is 0 Å². The summed E-state index contributed by atoms with van der Waals surface area (Å²) < 4.78 is 1.46. The Morgan fingerprint density at radius 1 is 1.33 bits per heavy atom. The second-order valence-corrected chi connectivity index (χ2v) is 4.90. The van der Waals surface area contributed by atoms with Crippen LogP contribution in [-0.4, -0.2) is 13.6 Å². The predicted octanol–water partition coefficient (Wildman–Crippen LogP) is 3.61. The molecule has 15 heavy (non-hydrogen) atoms. The van der Waals surface area contributed by atoms with Gasteiger partial charge in [-0.05, 0) is 48.3 Å². The fourth-order valence-electron chi connectivity index (χ4n) is 1.92. The van der Waals surface area contributed by atoms with Gasteiger partial charge >= 0.3 is 0 Å². The maximum absolute atomic E-state index is 3.21. The highest BCUT2D eigenvalue weighted by Gasteiger charge is 2.09. The molecule has 0 radical (unpaired) electrons. The van der Waals surface area contributed by atoms with Crippen LogP contribution < -0.4 is 5.32 Å². The zero-order valence-corrected chi connectivity index (χ0v) is 10.1. The van der Waals surface area contributed by atoms with Crippen molar-refractivity contribution in [3.05, 3.63) is 35.2 Å². The third kappa shape index (κ3) is 2.21. The number of fused-ring (bicyclic) bond motifs is 1. The molecule has 1 nitrogen and oxygen atoms in total. The Bertz CT molecular complexity index is 433. The summed E-state index contributed by atoms with van der Waals surface area (Å²) in [7, 11) is 2.01. The van der Waals surface area contributed by atoms with Gasteiger partial charge in [0.2, 0.25) is 0 Å². The van der Waals surface area contributed by atoms with Crippen molar-refractivity contribution >= 4 is 21.4 Å². The Balaban J connectivity index is 2.29. The summed E-state index contributed by atoms with van der Waals surface area (Å²) >= 11 is 1.86. The molecule has 1 N–H and O–H groups in total. The Labute approximate surface area is 95.1 Å². The maximum Gasteiger partial charge on any atom is 0.0377 e. The molecule has 80 valence electrons. The van der Waals surface area contributed by atoms with Crippen LogP contribution >= 0.6 is 11.3 Å². The molecule has 0 spiro atoms. The van der Waals surface area contributed by atoms with Gasteiger partial charge in [-0.3, -0.25) is 0 Å². The van der Waals surface area contributed by atoms with E-state index in [4.69, 9.17) is 0 Å². The molecule has 0 saturated carbocycles. The molecular formula is C13H17NS. The van der Waals surface area contributed by atoms with Crippen molar-refractivity contribution < 1.29 is 0 Å². The number of benzene rings is 1. The highest BCUT2D eigenvalue weighted by Crippen LogP contribution is 2.31. The van der Waals surface area contributed by atoms with Crippen LogP contribution in [0.25, 0.3) is 10.1 Å². The molecule has 1 atom stereocenters. The number of hydrogen-bond donors (Lipinski definition) is 1. The Hall–Kier alpha value is -0.860. The number of nitrogens with one attached hydrogen (secondary N) is 1. The third-order valence-corrected chi connectivity index (χ3v) is 3.85. The summed E-state index contributed by atoms with van der Waals surface area (Å²) in [5.41, 5.74) is 1.50. The van der Waals surface area contributed by atoms with Crippen molar-refractivity contribution in [3.63, 3.8) is 0 Å². The van der Waals surface area contributed by atoms with Gasteiger partial charge in [0.25, 0.3) is 0 Å². The lowest BCUT2D eigenvalue weighted by Gasteiger charge is -2.12. The predicted molar refractivity (Wildman–Crippen MR) is 68.8 cm³/mol. The van der Waals surface area contributed by atoms with E-state index in [0.29, 0.717) is 5.92 Å². The summed E-state index contributed by atoms with van der Waals surface area (Å²) in [6, 6.07) is 8.83. The highest BCUT2D eigenvalue weighted by atomic mass is 32.1. The van der Waals surface area contributed by atoms with E-state index in [1.54, 1.807) is 0 Å². The van der Waals surface area contributed by atoms with Crippen LogP contribution in [0.5, 0.6) is 0 Å². The molecule has 2 aromatic rings. The summed E-state index contributed by atoms with van der Waals surface area (Å²) in [5, 5.41) is 6.78. The minimum atomic E-state index is 0.639. The van der Waals surface area contributed by atoms with Crippen molar-refractivity contribution in [2.45, 2.75) is 19.3 Å². The van der Waals surface area contributed by atoms with Crippen LogP contribution in [0.3, 0.4) is 0 Å². The summed E-state index contributed by atoms with van der Waals surface area (Å²) in [5.74, 6) is 0.639. The van der Waals surface area contributed by atoms with Gasteiger partial charge in [-0.1, -0.05) is 25.1 Å². The lowest BCUT2D eigenvalue weighted by atomic mass is 9.97. The van der Waals surface area contributed by atoms with E-state index in [2.05, 4.69) is 41.9 Å². The molecule has 0 aliphatic carbocycles. The second kappa shape index (κ2) is 4.77. The van der Waals surface area contributed by atoms with Crippen LogP contribution in [0.15, 0.2) is 29.6 Å². The monoisotopic (exact) mass is 219 g/mol. The lowest BCUT2D eigenvalue weighted by Crippen LogP contribution is -2.10. The first kappa shape index (κ1) is 10.7. The van der Waals surface area contributed by atoms with Crippen LogP contribution in [-0.2, 0) is 0 Å². The standard InChI is InChI=1S/C13H17NS/c1-10(6-8-14-2)12-5-3-4-11-7-9-15-13(11)12/h3-5,7,9-10,14H,6,8H2,1-2H3. The molecule has 2 rings (SSSR count). The Morgan fingerprint density at radius 2 is 2.20 bits per heavy atom. The Morgan fingerprint density at radius 3 is 3.00 bits per heavy atom. The quantitative estimate of drug-likeness (QED) is 0.828. The van der Waals surface area contributed by atoms with Crippen LogP contribution in [0.2, 0.25) is 0 Å². The SMILES string of the molecule is CNCCC(C)c1cccc2ccsc12. The molecule has 1 aromatic heterocycles. The molecule has 0 saturated heterocycles. The fraction of sp³-hybridized carbons (Fsp3) is 0.385. The number of hydrogen-bond acceptors (Lipinski definition) is 2. The van der Waals surface area contributed by atoms with Crippen molar-refractivity contribution in [3.8, 4) is 0 Å². The van der Waals surface area contributed by atoms with Gasteiger partial charge in [-0.25, -0.2) is 0 Å². The molecule has 2 heteroatoms. The first-order valence-electron chi connectivity index (χ1n) is 5.43. The first-order chi connectivity index (χ1) is 7.33. The van der Waals surface area contributed by atoms with E-state index in [9.17, 15) is 0 Å². The van der Waals surface area contributed by atoms with Crippen LogP contribution in [0.1, 0.15) is 24.8 Å². The smallest absolute Gasteiger partial charge is 0.0377 e. The maximum atomic E-state index is 3.21. The van der Waals surface area contributed by atoms with Crippen molar-refractivity contribution in [2.24, 2.45) is 0 Å². The molecular weight excluding hydrogens is 202 g/mol. The molecule has 0 bridgehead atoms. The molecule has 0 amide bonds. The van der Waals surface area contributed by atoms with E-state index in [0.717, 1.165) is 6.54 Å². The van der Waals surface area contributed by atoms with E-state index >= 15 is 0 Å². The van der Waals surface area contributed by atoms with Crippen molar-refractivity contribution in [2.75, 3.05) is 13.6 Å². The van der Waals surface area contributed by atoms with Crippen LogP contribution in [0, 0.1) is 0 Å². The third-order valence-electron chi connectivity index (χ3n) is 2.87. The van der Waals surface area contributed by atoms with E-state index < -0.39 is 0 Å². The molecule has 1 heterocycles. The first-order valence-corrected chi connectivity index (χ1v) is 6.31. The van der Waals surface area contributed by atoms with Gasteiger partial charge in [0.1, 0.15) is 0 Å². The van der Waals surface area contributed by atoms with Crippen molar-refractivity contribution in [1.29, 1.82) is 0 Å². The minimum Gasteiger partial charge on any atom is -0.320 e. The van der Waals surface area contributed by atoms with Crippen LogP contribution in [0.4, 0.5) is 0 Å². The van der Waals surface area contributed by atoms with E-state index in [1.807, 2.05) is 18.4 Å². The second-order valence-electron chi connectivity index (χ2n) is 3.98. The Kier molecular flexibility index (Phi) is 3.39. The van der Waals surface area contributed by atoms with Crippen molar-refractivity contribution in [1.82, 2.24) is 5.32 Å². The summed E-state index contributed by atoms with van der Waals surface area (Å²) in [6.45, 7) is 3.40. The fourth-order valence-corrected chi connectivity index (χ4v) is 2.95. The van der Waals surface area contributed by atoms with E-state index in [-0.39, 0.29) is 0 Å². The summed E-state index contributed by atoms with van der Waals surface area (Å²) in [6.07, 6.45) is 1.20. The van der Waals surface area contributed by atoms with Gasteiger partial charge in [-0.2, -0.15) is 0 Å². The highest BCUT2D eigenvalue weighted by molar-refractivity contribution is 7.17. The average molecular weight is 219 g/mol. The normalized spacial score (nSPS) is 13.2. The molecule has 0 aliphatic heterocycles. The molecule has 1 aromatic carbocycles. The summed E-state index contributed by atoms with van der Waals surface area (Å²) in [4.78, 5) is 0. The molecule has 1 unspecified atom stereocenters. The average Bonchev–Trinajstić information content (AvgIpc) is 2.73. The zero-order valence-electron chi connectivity index (χ0n) is 9.29. The minimum absolute atomic E-state index is 0.639. The van der Waals surface area contributed by atoms with Gasteiger partial charge in [-0.15, -0.1) is 11.3 Å². The van der Waals surface area contributed by atoms with Gasteiger partial charge < -0.3 is 5.32 Å². The number of thiophene rings is 1.